The Morgan fingerprint density at radius 1 is 1.14 bits per heavy atom. The molecule has 0 amide bonds. The zero-order valence-corrected chi connectivity index (χ0v) is 13.2. The lowest BCUT2D eigenvalue weighted by Crippen LogP contribution is -2.16. The van der Waals surface area contributed by atoms with Crippen molar-refractivity contribution in [3.63, 3.8) is 0 Å². The summed E-state index contributed by atoms with van der Waals surface area (Å²) in [6, 6.07) is 7.52. The molecule has 0 saturated heterocycles. The van der Waals surface area contributed by atoms with Gasteiger partial charge in [0.05, 0.1) is 22.8 Å². The molecule has 7 heteroatoms. The number of sulfonamides is 1. The molecule has 0 saturated carbocycles. The van der Waals surface area contributed by atoms with Gasteiger partial charge in [-0.3, -0.25) is 9.82 Å². The third-order valence-corrected chi connectivity index (χ3v) is 4.37. The molecular formula is C14H20N4O2S. The fourth-order valence-electron chi connectivity index (χ4n) is 2.07. The van der Waals surface area contributed by atoms with Crippen molar-refractivity contribution in [1.29, 1.82) is 0 Å². The van der Waals surface area contributed by atoms with E-state index in [1.807, 2.05) is 31.3 Å². The fraction of sp³-hybridized carbons (Fsp3) is 0.357. The van der Waals surface area contributed by atoms with Gasteiger partial charge in [-0.25, -0.2) is 8.42 Å². The average Bonchev–Trinajstić information content (AvgIpc) is 2.72. The Labute approximate surface area is 125 Å². The van der Waals surface area contributed by atoms with Gasteiger partial charge in [0.25, 0.3) is 0 Å². The molecule has 0 unspecified atom stereocenters. The first-order valence-corrected chi connectivity index (χ1v) is 8.31. The second-order valence-electron chi connectivity index (χ2n) is 5.02. The maximum absolute atomic E-state index is 12.2. The van der Waals surface area contributed by atoms with E-state index in [2.05, 4.69) is 20.2 Å². The van der Waals surface area contributed by atoms with Crippen LogP contribution < -0.4 is 10.0 Å². The Morgan fingerprint density at radius 2 is 1.76 bits per heavy atom. The van der Waals surface area contributed by atoms with Gasteiger partial charge >= 0.3 is 0 Å². The summed E-state index contributed by atoms with van der Waals surface area (Å²) < 4.78 is 27.0. The Balaban J connectivity index is 2.10. The lowest BCUT2D eigenvalue weighted by atomic mass is 10.1. The molecule has 2 rings (SSSR count). The largest absolute Gasteiger partial charge is 0.316 e. The summed E-state index contributed by atoms with van der Waals surface area (Å²) >= 11 is 0. The molecule has 3 N–H and O–H groups in total. The minimum Gasteiger partial charge on any atom is -0.316 e. The molecule has 0 spiro atoms. The van der Waals surface area contributed by atoms with E-state index < -0.39 is 10.0 Å². The monoisotopic (exact) mass is 308 g/mol. The van der Waals surface area contributed by atoms with Crippen molar-refractivity contribution in [3.8, 4) is 0 Å². The molecule has 6 nitrogen and oxygen atoms in total. The molecule has 0 atom stereocenters. The summed E-state index contributed by atoms with van der Waals surface area (Å²) in [6.07, 6.45) is 0. The zero-order chi connectivity index (χ0) is 15.5. The van der Waals surface area contributed by atoms with Crippen LogP contribution >= 0.6 is 0 Å². The van der Waals surface area contributed by atoms with E-state index in [-0.39, 0.29) is 5.75 Å². The average molecular weight is 308 g/mol. The van der Waals surface area contributed by atoms with Gasteiger partial charge in [0.2, 0.25) is 10.0 Å². The topological polar surface area (TPSA) is 86.9 Å². The lowest BCUT2D eigenvalue weighted by molar-refractivity contribution is 0.600. The molecule has 1 aromatic heterocycles. The van der Waals surface area contributed by atoms with Crippen molar-refractivity contribution >= 4 is 15.7 Å². The molecular weight excluding hydrogens is 288 g/mol. The SMILES string of the molecule is CNCc1ccc(CS(=O)(=O)Nc2c(C)n[nH]c2C)cc1. The number of hydrogen-bond acceptors (Lipinski definition) is 4. The van der Waals surface area contributed by atoms with Gasteiger partial charge in [-0.15, -0.1) is 0 Å². The van der Waals surface area contributed by atoms with E-state index in [9.17, 15) is 8.42 Å². The van der Waals surface area contributed by atoms with Crippen molar-refractivity contribution in [2.75, 3.05) is 11.8 Å². The molecule has 0 aliphatic heterocycles. The maximum atomic E-state index is 12.2. The maximum Gasteiger partial charge on any atom is 0.237 e. The van der Waals surface area contributed by atoms with Crippen LogP contribution in [0.25, 0.3) is 0 Å². The molecule has 0 aliphatic rings. The molecule has 2 aromatic rings. The van der Waals surface area contributed by atoms with E-state index >= 15 is 0 Å². The number of nitrogens with one attached hydrogen (secondary N) is 3. The third kappa shape index (κ3) is 4.05. The van der Waals surface area contributed by atoms with E-state index in [4.69, 9.17) is 0 Å². The highest BCUT2D eigenvalue weighted by molar-refractivity contribution is 7.91. The Morgan fingerprint density at radius 3 is 2.29 bits per heavy atom. The number of aryl methyl sites for hydroxylation is 2. The molecule has 0 radical (unpaired) electrons. The zero-order valence-electron chi connectivity index (χ0n) is 12.4. The Bertz CT molecular complexity index is 686. The number of aromatic amines is 1. The Kier molecular flexibility index (Phi) is 4.64. The van der Waals surface area contributed by atoms with E-state index in [0.717, 1.165) is 17.7 Å². The summed E-state index contributed by atoms with van der Waals surface area (Å²) in [6.45, 7) is 4.30. The first kappa shape index (κ1) is 15.5. The second-order valence-corrected chi connectivity index (χ2v) is 6.74. The van der Waals surface area contributed by atoms with Crippen molar-refractivity contribution < 1.29 is 8.42 Å². The smallest absolute Gasteiger partial charge is 0.237 e. The van der Waals surface area contributed by atoms with E-state index in [1.54, 1.807) is 13.8 Å². The van der Waals surface area contributed by atoms with Gasteiger partial charge in [-0.2, -0.15) is 5.10 Å². The first-order valence-electron chi connectivity index (χ1n) is 6.66. The number of rotatable bonds is 6. The van der Waals surface area contributed by atoms with Crippen LogP contribution in [-0.4, -0.2) is 25.7 Å². The predicted molar refractivity (Wildman–Crippen MR) is 83.5 cm³/mol. The second kappa shape index (κ2) is 6.28. The molecule has 1 aromatic carbocycles. The van der Waals surface area contributed by atoms with E-state index in [0.29, 0.717) is 17.1 Å². The number of anilines is 1. The summed E-state index contributed by atoms with van der Waals surface area (Å²) in [7, 11) is -1.58. The Hall–Kier alpha value is -1.86. The van der Waals surface area contributed by atoms with Gasteiger partial charge in [0.1, 0.15) is 0 Å². The molecule has 21 heavy (non-hydrogen) atoms. The highest BCUT2D eigenvalue weighted by Crippen LogP contribution is 2.19. The van der Waals surface area contributed by atoms with Gasteiger partial charge in [-0.1, -0.05) is 24.3 Å². The molecule has 0 aliphatic carbocycles. The van der Waals surface area contributed by atoms with Crippen LogP contribution in [0.5, 0.6) is 0 Å². The number of benzene rings is 1. The van der Waals surface area contributed by atoms with Gasteiger partial charge < -0.3 is 5.32 Å². The van der Waals surface area contributed by atoms with Crippen LogP contribution in [0.15, 0.2) is 24.3 Å². The highest BCUT2D eigenvalue weighted by atomic mass is 32.2. The first-order chi connectivity index (χ1) is 9.91. The molecule has 0 fully saturated rings. The standard InChI is InChI=1S/C14H20N4O2S/c1-10-14(11(2)17-16-10)18-21(19,20)9-13-6-4-12(5-7-13)8-15-3/h4-7,15,18H,8-9H2,1-3H3,(H,16,17). The van der Waals surface area contributed by atoms with Crippen molar-refractivity contribution in [2.24, 2.45) is 0 Å². The number of hydrogen-bond donors (Lipinski definition) is 3. The number of H-pyrrole nitrogens is 1. The van der Waals surface area contributed by atoms with Crippen LogP contribution in [0.4, 0.5) is 5.69 Å². The molecule has 114 valence electrons. The van der Waals surface area contributed by atoms with Crippen molar-refractivity contribution in [2.45, 2.75) is 26.1 Å². The van der Waals surface area contributed by atoms with Gasteiger partial charge in [0.15, 0.2) is 0 Å². The number of nitrogens with zero attached hydrogens (tertiary/aromatic N) is 1. The number of aromatic nitrogens is 2. The van der Waals surface area contributed by atoms with Crippen molar-refractivity contribution in [1.82, 2.24) is 15.5 Å². The van der Waals surface area contributed by atoms with E-state index in [1.165, 1.54) is 0 Å². The lowest BCUT2D eigenvalue weighted by Gasteiger charge is -2.09. The minimum absolute atomic E-state index is 0.0586. The van der Waals surface area contributed by atoms with Gasteiger partial charge in [0, 0.05) is 6.54 Å². The minimum atomic E-state index is -3.45. The summed E-state index contributed by atoms with van der Waals surface area (Å²) in [5.41, 5.74) is 3.75. The summed E-state index contributed by atoms with van der Waals surface area (Å²) in [5.74, 6) is -0.0586. The van der Waals surface area contributed by atoms with Crippen LogP contribution in [0.3, 0.4) is 0 Å². The highest BCUT2D eigenvalue weighted by Gasteiger charge is 2.16. The van der Waals surface area contributed by atoms with Gasteiger partial charge in [-0.05, 0) is 32.0 Å². The molecule has 1 heterocycles. The molecule has 0 bridgehead atoms. The van der Waals surface area contributed by atoms with Crippen molar-refractivity contribution in [3.05, 3.63) is 46.8 Å². The predicted octanol–water partition coefficient (Wildman–Crippen LogP) is 1.69. The van der Waals surface area contributed by atoms with Crippen LogP contribution in [-0.2, 0) is 22.3 Å². The van der Waals surface area contributed by atoms with Crippen LogP contribution in [0, 0.1) is 13.8 Å². The van der Waals surface area contributed by atoms with Crippen LogP contribution in [0.2, 0.25) is 0 Å². The normalized spacial score (nSPS) is 11.6. The van der Waals surface area contributed by atoms with Crippen LogP contribution in [0.1, 0.15) is 22.5 Å². The summed E-state index contributed by atoms with van der Waals surface area (Å²) in [5, 5.41) is 9.79. The summed E-state index contributed by atoms with van der Waals surface area (Å²) in [4.78, 5) is 0. The quantitative estimate of drug-likeness (QED) is 0.758. The fourth-order valence-corrected chi connectivity index (χ4v) is 3.38. The third-order valence-electron chi connectivity index (χ3n) is 3.15.